The molecule has 0 unspecified atom stereocenters. The van der Waals surface area contributed by atoms with Gasteiger partial charge in [0.15, 0.2) is 6.29 Å². The minimum atomic E-state index is -1.81. The zero-order valence-electron chi connectivity index (χ0n) is 11.6. The first-order chi connectivity index (χ1) is 10.6. The highest BCUT2D eigenvalue weighted by atomic mass is 19.1. The van der Waals surface area contributed by atoms with Gasteiger partial charge in [0, 0.05) is 5.56 Å². The second-order valence-electron chi connectivity index (χ2n) is 4.62. The van der Waals surface area contributed by atoms with Crippen LogP contribution >= 0.6 is 0 Å². The second-order valence-corrected chi connectivity index (χ2v) is 4.62. The summed E-state index contributed by atoms with van der Waals surface area (Å²) >= 11 is 0. The Labute approximate surface area is 126 Å². The predicted molar refractivity (Wildman–Crippen MR) is 78.3 cm³/mol. The fourth-order valence-electron chi connectivity index (χ4n) is 2.03. The average molecular weight is 304 g/mol. The maximum absolute atomic E-state index is 13.7. The minimum absolute atomic E-state index is 0.00350. The van der Waals surface area contributed by atoms with Crippen molar-refractivity contribution in [1.29, 1.82) is 0 Å². The van der Waals surface area contributed by atoms with Gasteiger partial charge in [-0.1, -0.05) is 18.2 Å². The normalized spacial score (nSPS) is 10.4. The number of benzene rings is 2. The molecule has 7 heteroatoms. The molecular formula is C15H14BFO5. The van der Waals surface area contributed by atoms with E-state index < -0.39 is 12.9 Å². The molecule has 2 aromatic carbocycles. The number of rotatable bonds is 6. The lowest BCUT2D eigenvalue weighted by Crippen LogP contribution is -2.33. The Morgan fingerprint density at radius 2 is 2.00 bits per heavy atom. The molecule has 5 nitrogen and oxygen atoms in total. The molecule has 0 saturated heterocycles. The molecule has 0 atom stereocenters. The van der Waals surface area contributed by atoms with E-state index in [1.54, 1.807) is 0 Å². The maximum atomic E-state index is 13.7. The van der Waals surface area contributed by atoms with Crippen LogP contribution < -0.4 is 10.2 Å². The smallest absolute Gasteiger partial charge is 0.488 e. The van der Waals surface area contributed by atoms with Crippen molar-refractivity contribution in [2.75, 3.05) is 0 Å². The molecule has 0 aromatic heterocycles. The Morgan fingerprint density at radius 3 is 2.64 bits per heavy atom. The molecule has 3 N–H and O–H groups in total. The van der Waals surface area contributed by atoms with E-state index in [-0.39, 0.29) is 35.6 Å². The van der Waals surface area contributed by atoms with Gasteiger partial charge in [-0.2, -0.15) is 0 Å². The molecule has 0 saturated carbocycles. The van der Waals surface area contributed by atoms with Gasteiger partial charge in [-0.25, -0.2) is 4.39 Å². The lowest BCUT2D eigenvalue weighted by molar-refractivity contribution is 0.111. The Bertz CT molecular complexity index is 675. The van der Waals surface area contributed by atoms with E-state index in [9.17, 15) is 19.2 Å². The number of carbonyl (C=O) groups excluding carboxylic acids is 1. The molecule has 0 aliphatic rings. The monoisotopic (exact) mass is 304 g/mol. The molecule has 0 bridgehead atoms. The first-order valence-corrected chi connectivity index (χ1v) is 6.52. The van der Waals surface area contributed by atoms with Gasteiger partial charge in [0.05, 0.1) is 12.2 Å². The van der Waals surface area contributed by atoms with Crippen LogP contribution in [-0.2, 0) is 13.2 Å². The summed E-state index contributed by atoms with van der Waals surface area (Å²) < 4.78 is 19.1. The van der Waals surface area contributed by atoms with Crippen molar-refractivity contribution in [2.24, 2.45) is 0 Å². The Hall–Kier alpha value is -2.22. The number of halogens is 1. The number of aliphatic hydroxyl groups excluding tert-OH is 1. The highest BCUT2D eigenvalue weighted by molar-refractivity contribution is 6.60. The van der Waals surface area contributed by atoms with E-state index in [0.717, 1.165) is 0 Å². The van der Waals surface area contributed by atoms with Gasteiger partial charge in [-0.15, -0.1) is 0 Å². The molecular weight excluding hydrogens is 290 g/mol. The second kappa shape index (κ2) is 7.17. The van der Waals surface area contributed by atoms with E-state index in [4.69, 9.17) is 9.84 Å². The molecule has 0 aliphatic heterocycles. The van der Waals surface area contributed by atoms with Crippen LogP contribution in [-0.4, -0.2) is 28.6 Å². The van der Waals surface area contributed by atoms with Crippen molar-refractivity contribution in [3.05, 3.63) is 58.9 Å². The van der Waals surface area contributed by atoms with Gasteiger partial charge in [-0.3, -0.25) is 4.79 Å². The largest absolute Gasteiger partial charge is 0.489 e. The fourth-order valence-corrected chi connectivity index (χ4v) is 2.03. The van der Waals surface area contributed by atoms with Crippen LogP contribution in [0.4, 0.5) is 4.39 Å². The molecule has 2 aromatic rings. The third-order valence-corrected chi connectivity index (χ3v) is 3.17. The average Bonchev–Trinajstić information content (AvgIpc) is 2.53. The zero-order chi connectivity index (χ0) is 16.1. The van der Waals surface area contributed by atoms with Gasteiger partial charge in [0.1, 0.15) is 18.2 Å². The van der Waals surface area contributed by atoms with Crippen molar-refractivity contribution >= 4 is 18.9 Å². The van der Waals surface area contributed by atoms with Crippen LogP contribution in [0.2, 0.25) is 0 Å². The Balaban J connectivity index is 2.25. The number of hydrogen-bond acceptors (Lipinski definition) is 5. The van der Waals surface area contributed by atoms with Gasteiger partial charge < -0.3 is 19.9 Å². The van der Waals surface area contributed by atoms with E-state index in [1.807, 2.05) is 0 Å². The molecule has 114 valence electrons. The third-order valence-electron chi connectivity index (χ3n) is 3.17. The summed E-state index contributed by atoms with van der Waals surface area (Å²) in [5.74, 6) is -0.377. The van der Waals surface area contributed by atoms with Crippen molar-refractivity contribution in [3.8, 4) is 5.75 Å². The lowest BCUT2D eigenvalue weighted by Gasteiger charge is -2.12. The molecule has 0 heterocycles. The number of carbonyl (C=O) groups is 1. The third kappa shape index (κ3) is 3.51. The van der Waals surface area contributed by atoms with Crippen molar-refractivity contribution in [3.63, 3.8) is 0 Å². The van der Waals surface area contributed by atoms with E-state index >= 15 is 0 Å². The van der Waals surface area contributed by atoms with Crippen LogP contribution in [0.15, 0.2) is 36.4 Å². The summed E-state index contributed by atoms with van der Waals surface area (Å²) in [5.41, 5.74) is 0.766. The quantitative estimate of drug-likeness (QED) is 0.531. The maximum Gasteiger partial charge on any atom is 0.489 e. The molecule has 0 radical (unpaired) electrons. The Kier molecular flexibility index (Phi) is 5.27. The summed E-state index contributed by atoms with van der Waals surface area (Å²) in [6.45, 7) is -0.384. The number of ether oxygens (including phenoxy) is 1. The zero-order valence-corrected chi connectivity index (χ0v) is 11.6. The van der Waals surface area contributed by atoms with Gasteiger partial charge in [0.2, 0.25) is 0 Å². The van der Waals surface area contributed by atoms with Gasteiger partial charge in [-0.05, 0) is 29.2 Å². The van der Waals surface area contributed by atoms with Crippen LogP contribution in [0.1, 0.15) is 21.5 Å². The molecule has 0 amide bonds. The van der Waals surface area contributed by atoms with E-state index in [2.05, 4.69) is 0 Å². The van der Waals surface area contributed by atoms with Crippen molar-refractivity contribution in [1.82, 2.24) is 0 Å². The Morgan fingerprint density at radius 1 is 1.23 bits per heavy atom. The van der Waals surface area contributed by atoms with Crippen LogP contribution in [0.25, 0.3) is 0 Å². The number of aldehydes is 1. The molecule has 0 aliphatic carbocycles. The summed E-state index contributed by atoms with van der Waals surface area (Å²) in [4.78, 5) is 11.1. The van der Waals surface area contributed by atoms with Crippen LogP contribution in [0, 0.1) is 5.82 Å². The van der Waals surface area contributed by atoms with Crippen LogP contribution in [0.3, 0.4) is 0 Å². The van der Waals surface area contributed by atoms with E-state index in [0.29, 0.717) is 11.8 Å². The SMILES string of the molecule is O=Cc1c(OCc2cc(CO)ccc2F)cccc1B(O)O. The highest BCUT2D eigenvalue weighted by Crippen LogP contribution is 2.18. The first-order valence-electron chi connectivity index (χ1n) is 6.52. The molecule has 0 spiro atoms. The summed E-state index contributed by atoms with van der Waals surface area (Å²) in [5, 5.41) is 27.5. The highest BCUT2D eigenvalue weighted by Gasteiger charge is 2.19. The summed E-state index contributed by atoms with van der Waals surface area (Å²) in [7, 11) is -1.81. The fraction of sp³-hybridized carbons (Fsp3) is 0.133. The summed E-state index contributed by atoms with van der Waals surface area (Å²) in [6, 6.07) is 8.49. The standard InChI is InChI=1S/C15H14BFO5/c17-14-5-4-10(7-18)6-11(14)9-22-15-3-1-2-13(16(20)21)12(15)8-19/h1-6,8,18,20-21H,7,9H2. The predicted octanol–water partition coefficient (Wildman–Crippen LogP) is 0.389. The van der Waals surface area contributed by atoms with Crippen molar-refractivity contribution < 1.29 is 29.1 Å². The molecule has 2 rings (SSSR count). The van der Waals surface area contributed by atoms with Crippen molar-refractivity contribution in [2.45, 2.75) is 13.2 Å². The first kappa shape index (κ1) is 16.2. The van der Waals surface area contributed by atoms with E-state index in [1.165, 1.54) is 36.4 Å². The number of aliphatic hydroxyl groups is 1. The topological polar surface area (TPSA) is 87.0 Å². The van der Waals surface area contributed by atoms with Gasteiger partial charge in [0.25, 0.3) is 0 Å². The summed E-state index contributed by atoms with van der Waals surface area (Å²) in [6.07, 6.45) is 0.449. The number of hydrogen-bond donors (Lipinski definition) is 3. The molecule has 0 fully saturated rings. The lowest BCUT2D eigenvalue weighted by atomic mass is 9.77. The van der Waals surface area contributed by atoms with Gasteiger partial charge >= 0.3 is 7.12 Å². The van der Waals surface area contributed by atoms with Crippen LogP contribution in [0.5, 0.6) is 5.75 Å². The molecule has 22 heavy (non-hydrogen) atoms. The minimum Gasteiger partial charge on any atom is -0.488 e.